The summed E-state index contributed by atoms with van der Waals surface area (Å²) < 4.78 is 4.97. The summed E-state index contributed by atoms with van der Waals surface area (Å²) in [6, 6.07) is 0. The van der Waals surface area contributed by atoms with Gasteiger partial charge >= 0.3 is 6.25 Å². The van der Waals surface area contributed by atoms with Crippen LogP contribution in [0.5, 0.6) is 0 Å². The first kappa shape index (κ1) is 15.3. The van der Waals surface area contributed by atoms with Gasteiger partial charge in [-0.2, -0.15) is 0 Å². The van der Waals surface area contributed by atoms with Crippen LogP contribution in [0.1, 0.15) is 26.2 Å². The van der Waals surface area contributed by atoms with Gasteiger partial charge in [-0.25, -0.2) is 0 Å². The summed E-state index contributed by atoms with van der Waals surface area (Å²) in [5.41, 5.74) is 0. The molecule has 0 aliphatic heterocycles. The fourth-order valence-corrected chi connectivity index (χ4v) is 1.61. The Bertz CT molecular complexity index is 95.1. The maximum absolute atomic E-state index is 5.46. The van der Waals surface area contributed by atoms with Gasteiger partial charge in [-0.15, -0.1) is 13.2 Å². The third-order valence-corrected chi connectivity index (χ3v) is 2.53. The molecule has 0 heterocycles. The van der Waals surface area contributed by atoms with Crippen molar-refractivity contribution in [2.45, 2.75) is 26.2 Å². The van der Waals surface area contributed by atoms with Gasteiger partial charge in [0.15, 0.2) is 0 Å². The summed E-state index contributed by atoms with van der Waals surface area (Å²) in [4.78, 5) is 0. The van der Waals surface area contributed by atoms with E-state index in [1.807, 2.05) is 0 Å². The number of halogens is 3. The van der Waals surface area contributed by atoms with E-state index < -0.39 is 6.25 Å². The average molecular weight is 250 g/mol. The van der Waals surface area contributed by atoms with Crippen LogP contribution in [-0.4, -0.2) is 12.9 Å². The smallest absolute Gasteiger partial charge is 0.381 e. The monoisotopic (exact) mass is 248 g/mol. The maximum Gasteiger partial charge on any atom is 0.493 e. The summed E-state index contributed by atoms with van der Waals surface area (Å²) in [5, 5.41) is 0. The van der Waals surface area contributed by atoms with E-state index in [9.17, 15) is 0 Å². The molecule has 0 N–H and O–H groups in total. The zero-order valence-electron chi connectivity index (χ0n) is 7.28. The van der Waals surface area contributed by atoms with Crippen LogP contribution in [0.4, 0.5) is 0 Å². The van der Waals surface area contributed by atoms with Crippen molar-refractivity contribution in [1.29, 1.82) is 0 Å². The molecule has 74 valence electrons. The fourth-order valence-electron chi connectivity index (χ4n) is 0.540. The molecular weight excluding hydrogens is 235 g/mol. The van der Waals surface area contributed by atoms with Gasteiger partial charge in [0.1, 0.15) is 0 Å². The van der Waals surface area contributed by atoms with Crippen LogP contribution in [0.25, 0.3) is 0 Å². The normalized spacial score (nSPS) is 10.3. The molecule has 0 saturated heterocycles. The second kappa shape index (κ2) is 9.87. The van der Waals surface area contributed by atoms with Crippen LogP contribution in [-0.2, 0) is 4.43 Å². The minimum Gasteiger partial charge on any atom is -0.381 e. The number of hydrogen-bond acceptors (Lipinski definition) is 1. The highest BCUT2D eigenvalue weighted by Gasteiger charge is 2.26. The summed E-state index contributed by atoms with van der Waals surface area (Å²) in [6.07, 6.45) is 0.485. The lowest BCUT2D eigenvalue weighted by Crippen LogP contribution is -2.16. The standard InChI is InChI=1S/C5H11Cl3OSi.C2H4/c1-2-3-4-5-9-10(6,7)8;1-2/h2-5H2,1H3;1-2H2. The number of unbranched alkanes of at least 4 members (excludes halogenated alkanes) is 2. The number of rotatable bonds is 5. The van der Waals surface area contributed by atoms with Gasteiger partial charge in [0, 0.05) is 6.61 Å². The molecule has 0 aromatic carbocycles. The molecule has 0 amide bonds. The van der Waals surface area contributed by atoms with Gasteiger partial charge in [0.2, 0.25) is 0 Å². The highest BCUT2D eigenvalue weighted by Crippen LogP contribution is 2.21. The van der Waals surface area contributed by atoms with Crippen LogP contribution >= 0.6 is 33.2 Å². The fraction of sp³-hybridized carbons (Fsp3) is 0.714. The third-order valence-electron chi connectivity index (χ3n) is 1.01. The van der Waals surface area contributed by atoms with Crippen LogP contribution < -0.4 is 0 Å². The number of hydrogen-bond donors (Lipinski definition) is 0. The first-order valence-electron chi connectivity index (χ1n) is 3.77. The zero-order valence-corrected chi connectivity index (χ0v) is 10.6. The second-order valence-electron chi connectivity index (χ2n) is 2.00. The maximum atomic E-state index is 5.46. The van der Waals surface area contributed by atoms with E-state index in [-0.39, 0.29) is 0 Å². The van der Waals surface area contributed by atoms with E-state index in [1.165, 1.54) is 0 Å². The molecule has 0 rings (SSSR count). The summed E-state index contributed by atoms with van der Waals surface area (Å²) in [5.74, 6) is 0. The minimum absolute atomic E-state index is 0.580. The molecule has 0 aliphatic carbocycles. The SMILES string of the molecule is C=C.CCCCCO[Si](Cl)(Cl)Cl. The summed E-state index contributed by atoms with van der Waals surface area (Å²) >= 11 is 16.4. The van der Waals surface area contributed by atoms with Crippen molar-refractivity contribution < 1.29 is 4.43 Å². The van der Waals surface area contributed by atoms with Crippen molar-refractivity contribution in [3.63, 3.8) is 0 Å². The molecule has 0 aliphatic rings. The molecule has 5 heteroatoms. The van der Waals surface area contributed by atoms with E-state index in [2.05, 4.69) is 20.1 Å². The van der Waals surface area contributed by atoms with E-state index >= 15 is 0 Å². The first-order valence-corrected chi connectivity index (χ1v) is 8.71. The van der Waals surface area contributed by atoms with Crippen molar-refractivity contribution in [3.8, 4) is 0 Å². The van der Waals surface area contributed by atoms with Crippen molar-refractivity contribution >= 4 is 39.5 Å². The molecule has 0 bridgehead atoms. The predicted octanol–water partition coefficient (Wildman–Crippen LogP) is 4.15. The lowest BCUT2D eigenvalue weighted by atomic mass is 10.3. The molecule has 0 aromatic rings. The molecule has 0 fully saturated rings. The Morgan fingerprint density at radius 2 is 1.67 bits per heavy atom. The zero-order chi connectivity index (χ0) is 10.0. The lowest BCUT2D eigenvalue weighted by molar-refractivity contribution is 0.322. The highest BCUT2D eigenvalue weighted by atomic mass is 35.8. The van der Waals surface area contributed by atoms with Crippen LogP contribution in [0.2, 0.25) is 0 Å². The molecule has 0 radical (unpaired) electrons. The van der Waals surface area contributed by atoms with Gasteiger partial charge in [0.05, 0.1) is 0 Å². The van der Waals surface area contributed by atoms with Crippen LogP contribution in [0, 0.1) is 0 Å². The van der Waals surface area contributed by atoms with E-state index in [0.29, 0.717) is 6.61 Å². The summed E-state index contributed by atoms with van der Waals surface area (Å²) in [7, 11) is 0. The quantitative estimate of drug-likeness (QED) is 0.308. The Labute approximate surface area is 89.9 Å². The lowest BCUT2D eigenvalue weighted by Gasteiger charge is -2.07. The molecule has 0 aromatic heterocycles. The van der Waals surface area contributed by atoms with Crippen molar-refractivity contribution in [2.24, 2.45) is 0 Å². The molecule has 12 heavy (non-hydrogen) atoms. The van der Waals surface area contributed by atoms with Crippen LogP contribution in [0.15, 0.2) is 13.2 Å². The van der Waals surface area contributed by atoms with Crippen molar-refractivity contribution in [3.05, 3.63) is 13.2 Å². The Kier molecular flexibility index (Phi) is 12.6. The Balaban J connectivity index is 0. The molecule has 0 atom stereocenters. The summed E-state index contributed by atoms with van der Waals surface area (Å²) in [6.45, 7) is 8.70. The van der Waals surface area contributed by atoms with Gasteiger partial charge in [-0.3, -0.25) is 0 Å². The third kappa shape index (κ3) is 17.0. The average Bonchev–Trinajstić information content (AvgIpc) is 2.01. The molecular formula is C7H15Cl3OSi. The van der Waals surface area contributed by atoms with E-state index in [4.69, 9.17) is 37.7 Å². The highest BCUT2D eigenvalue weighted by molar-refractivity contribution is 7.62. The molecule has 0 unspecified atom stereocenters. The largest absolute Gasteiger partial charge is 0.493 e. The van der Waals surface area contributed by atoms with Gasteiger partial charge in [-0.05, 0) is 6.42 Å². The van der Waals surface area contributed by atoms with Gasteiger partial charge in [-0.1, -0.05) is 53.0 Å². The Morgan fingerprint density at radius 3 is 2.00 bits per heavy atom. The Morgan fingerprint density at radius 1 is 1.17 bits per heavy atom. The van der Waals surface area contributed by atoms with E-state index in [1.54, 1.807) is 0 Å². The molecule has 1 nitrogen and oxygen atoms in total. The van der Waals surface area contributed by atoms with Crippen molar-refractivity contribution in [2.75, 3.05) is 6.61 Å². The molecule has 0 saturated carbocycles. The topological polar surface area (TPSA) is 9.23 Å². The van der Waals surface area contributed by atoms with E-state index in [0.717, 1.165) is 19.3 Å². The van der Waals surface area contributed by atoms with Gasteiger partial charge < -0.3 is 4.43 Å². The Hall–Kier alpha value is 0.787. The second-order valence-corrected chi connectivity index (χ2v) is 9.71. The minimum atomic E-state index is -2.79. The van der Waals surface area contributed by atoms with Crippen molar-refractivity contribution in [1.82, 2.24) is 0 Å². The molecule has 0 spiro atoms. The first-order chi connectivity index (χ1) is 5.56. The van der Waals surface area contributed by atoms with Gasteiger partial charge in [0.25, 0.3) is 0 Å². The predicted molar refractivity (Wildman–Crippen MR) is 60.0 cm³/mol. The van der Waals surface area contributed by atoms with Crippen LogP contribution in [0.3, 0.4) is 0 Å².